The first-order valence-corrected chi connectivity index (χ1v) is 16.6. The molecule has 2 aromatic carbocycles. The van der Waals surface area contributed by atoms with Crippen LogP contribution < -0.4 is 19.1 Å². The Morgan fingerprint density at radius 2 is 1.91 bits per heavy atom. The van der Waals surface area contributed by atoms with Crippen LogP contribution in [0.5, 0.6) is 11.6 Å². The standard InChI is InChI=1S/C34H30FN5O6S/c1-18(2)45-30-12-9-19(16-37-30)33-31(34(41)36-3)22-13-21(26(15-29(22)46-33)39(4)47(5,42)43)24-10-11-28-32(38-24)27-14-20-23(35)7-6-8-25(20)40(27)17-44-28/h6-16,18H,17H2,1-5H3,(H,36,41). The molecule has 0 fully saturated rings. The highest BCUT2D eigenvalue weighted by Crippen LogP contribution is 2.43. The predicted molar refractivity (Wildman–Crippen MR) is 177 cm³/mol. The first kappa shape index (κ1) is 30.2. The maximum absolute atomic E-state index is 14.7. The van der Waals surface area contributed by atoms with Crippen LogP contribution in [0.15, 0.2) is 71.3 Å². The minimum Gasteiger partial charge on any atom is -0.475 e. The van der Waals surface area contributed by atoms with Crippen molar-refractivity contribution < 1.29 is 31.5 Å². The van der Waals surface area contributed by atoms with Crippen molar-refractivity contribution in [3.8, 4) is 45.6 Å². The molecule has 0 bridgehead atoms. The van der Waals surface area contributed by atoms with Gasteiger partial charge in [-0.15, -0.1) is 0 Å². The third-order valence-electron chi connectivity index (χ3n) is 8.07. The van der Waals surface area contributed by atoms with Crippen molar-refractivity contribution in [2.75, 3.05) is 24.7 Å². The minimum absolute atomic E-state index is 0.0713. The molecule has 13 heteroatoms. The number of fused-ring (bicyclic) bond motifs is 6. The van der Waals surface area contributed by atoms with Crippen LogP contribution in [-0.2, 0) is 16.8 Å². The molecule has 1 N–H and O–H groups in total. The van der Waals surface area contributed by atoms with Gasteiger partial charge in [-0.3, -0.25) is 9.10 Å². The van der Waals surface area contributed by atoms with Gasteiger partial charge in [0, 0.05) is 54.3 Å². The molecule has 0 saturated carbocycles. The van der Waals surface area contributed by atoms with Gasteiger partial charge in [0.1, 0.15) is 28.6 Å². The number of ether oxygens (including phenoxy) is 2. The molecule has 6 aromatic rings. The van der Waals surface area contributed by atoms with Gasteiger partial charge < -0.3 is 23.8 Å². The number of hydrogen-bond acceptors (Lipinski definition) is 8. The van der Waals surface area contributed by atoms with Gasteiger partial charge in [-0.25, -0.2) is 22.8 Å². The second kappa shape index (κ2) is 11.1. The Balaban J connectivity index is 1.45. The van der Waals surface area contributed by atoms with Crippen LogP contribution in [0.1, 0.15) is 24.2 Å². The number of sulfonamides is 1. The maximum atomic E-state index is 14.7. The minimum atomic E-state index is -3.74. The summed E-state index contributed by atoms with van der Waals surface area (Å²) in [5, 5.41) is 3.56. The maximum Gasteiger partial charge on any atom is 0.255 e. The molecule has 5 heterocycles. The summed E-state index contributed by atoms with van der Waals surface area (Å²) in [5.74, 6) is 0.406. The van der Waals surface area contributed by atoms with Crippen molar-refractivity contribution in [3.05, 3.63) is 78.2 Å². The number of anilines is 1. The molecule has 1 aliphatic heterocycles. The zero-order valence-corrected chi connectivity index (χ0v) is 27.0. The van der Waals surface area contributed by atoms with Crippen molar-refractivity contribution in [1.29, 1.82) is 0 Å². The van der Waals surface area contributed by atoms with Gasteiger partial charge in [-0.05, 0) is 56.3 Å². The third-order valence-corrected chi connectivity index (χ3v) is 9.26. The highest BCUT2D eigenvalue weighted by atomic mass is 32.2. The number of carbonyl (C=O) groups is 1. The topological polar surface area (TPSA) is 129 Å². The van der Waals surface area contributed by atoms with E-state index in [0.717, 1.165) is 10.6 Å². The smallest absolute Gasteiger partial charge is 0.255 e. The number of pyridine rings is 2. The summed E-state index contributed by atoms with van der Waals surface area (Å²) < 4.78 is 61.3. The van der Waals surface area contributed by atoms with Crippen LogP contribution in [0.2, 0.25) is 0 Å². The SMILES string of the molecule is CNC(=O)c1c(-c2ccc(OC(C)C)nc2)oc2cc(N(C)S(C)(=O)=O)c(-c3ccc4c(n3)-c3cc5c(F)cccc5n3CO4)cc12. The second-order valence-electron chi connectivity index (χ2n) is 11.5. The Morgan fingerprint density at radius 3 is 2.62 bits per heavy atom. The van der Waals surface area contributed by atoms with E-state index in [0.29, 0.717) is 56.1 Å². The van der Waals surface area contributed by atoms with E-state index in [9.17, 15) is 17.6 Å². The number of aromatic nitrogens is 3. The Bertz CT molecular complexity index is 2330. The molecular weight excluding hydrogens is 625 g/mol. The predicted octanol–water partition coefficient (Wildman–Crippen LogP) is 6.21. The molecule has 0 atom stereocenters. The van der Waals surface area contributed by atoms with Crippen molar-refractivity contribution in [2.24, 2.45) is 0 Å². The van der Waals surface area contributed by atoms with E-state index in [1.165, 1.54) is 20.2 Å². The number of halogens is 1. The number of carbonyl (C=O) groups excluding carboxylic acids is 1. The van der Waals surface area contributed by atoms with Gasteiger partial charge in [-0.2, -0.15) is 0 Å². The Morgan fingerprint density at radius 1 is 1.11 bits per heavy atom. The number of hydrogen-bond donors (Lipinski definition) is 1. The second-order valence-corrected chi connectivity index (χ2v) is 13.5. The molecule has 240 valence electrons. The number of amides is 1. The van der Waals surface area contributed by atoms with Gasteiger partial charge in [0.15, 0.2) is 6.73 Å². The molecule has 1 aliphatic rings. The quantitative estimate of drug-likeness (QED) is 0.215. The Hall–Kier alpha value is -5.43. The number of furan rings is 1. The lowest BCUT2D eigenvalue weighted by Gasteiger charge is -2.23. The van der Waals surface area contributed by atoms with Crippen LogP contribution in [0.4, 0.5) is 10.1 Å². The first-order valence-electron chi connectivity index (χ1n) is 14.8. The molecule has 0 radical (unpaired) electrons. The van der Waals surface area contributed by atoms with E-state index in [1.54, 1.807) is 54.7 Å². The van der Waals surface area contributed by atoms with Crippen LogP contribution in [0, 0.1) is 5.82 Å². The molecule has 47 heavy (non-hydrogen) atoms. The average molecular weight is 656 g/mol. The van der Waals surface area contributed by atoms with Gasteiger partial charge in [0.2, 0.25) is 15.9 Å². The summed E-state index contributed by atoms with van der Waals surface area (Å²) in [7, 11) is -0.794. The molecule has 4 aromatic heterocycles. The summed E-state index contributed by atoms with van der Waals surface area (Å²) in [6.07, 6.45) is 2.58. The van der Waals surface area contributed by atoms with Crippen LogP contribution in [0.3, 0.4) is 0 Å². The summed E-state index contributed by atoms with van der Waals surface area (Å²) in [6, 6.07) is 16.7. The summed E-state index contributed by atoms with van der Waals surface area (Å²) in [5.41, 5.74) is 3.94. The monoisotopic (exact) mass is 655 g/mol. The molecular formula is C34H30FN5O6S. The Labute approximate surface area is 269 Å². The Kier molecular flexibility index (Phi) is 7.16. The van der Waals surface area contributed by atoms with E-state index < -0.39 is 15.9 Å². The summed E-state index contributed by atoms with van der Waals surface area (Å²) in [4.78, 5) is 22.7. The number of benzene rings is 2. The van der Waals surface area contributed by atoms with Crippen molar-refractivity contribution >= 4 is 43.5 Å². The lowest BCUT2D eigenvalue weighted by Crippen LogP contribution is -2.25. The fraction of sp³-hybridized carbons (Fsp3) is 0.206. The highest BCUT2D eigenvalue weighted by molar-refractivity contribution is 7.92. The zero-order valence-electron chi connectivity index (χ0n) is 26.2. The summed E-state index contributed by atoms with van der Waals surface area (Å²) in [6.45, 7) is 3.97. The van der Waals surface area contributed by atoms with E-state index in [-0.39, 0.29) is 41.2 Å². The first-order chi connectivity index (χ1) is 22.4. The van der Waals surface area contributed by atoms with E-state index >= 15 is 0 Å². The molecule has 0 unspecified atom stereocenters. The normalized spacial score (nSPS) is 12.6. The molecule has 0 spiro atoms. The molecule has 0 aliphatic carbocycles. The van der Waals surface area contributed by atoms with E-state index in [2.05, 4.69) is 10.3 Å². The molecule has 0 saturated heterocycles. The van der Waals surface area contributed by atoms with E-state index in [1.807, 2.05) is 24.5 Å². The van der Waals surface area contributed by atoms with Crippen LogP contribution in [0.25, 0.3) is 55.8 Å². The number of rotatable bonds is 7. The third kappa shape index (κ3) is 5.12. The fourth-order valence-electron chi connectivity index (χ4n) is 5.77. The van der Waals surface area contributed by atoms with Crippen molar-refractivity contribution in [1.82, 2.24) is 19.9 Å². The van der Waals surface area contributed by atoms with Crippen LogP contribution in [-0.4, -0.2) is 55.3 Å². The van der Waals surface area contributed by atoms with Crippen molar-refractivity contribution in [2.45, 2.75) is 26.7 Å². The average Bonchev–Trinajstić information content (AvgIpc) is 3.62. The van der Waals surface area contributed by atoms with Gasteiger partial charge >= 0.3 is 0 Å². The number of nitrogens with zero attached hydrogens (tertiary/aromatic N) is 4. The van der Waals surface area contributed by atoms with Crippen LogP contribution >= 0.6 is 0 Å². The fourth-order valence-corrected chi connectivity index (χ4v) is 6.28. The van der Waals surface area contributed by atoms with Gasteiger partial charge in [-0.1, -0.05) is 6.07 Å². The van der Waals surface area contributed by atoms with Gasteiger partial charge in [0.25, 0.3) is 5.91 Å². The highest BCUT2D eigenvalue weighted by Gasteiger charge is 2.28. The lowest BCUT2D eigenvalue weighted by atomic mass is 10.0. The summed E-state index contributed by atoms with van der Waals surface area (Å²) >= 11 is 0. The van der Waals surface area contributed by atoms with E-state index in [4.69, 9.17) is 18.9 Å². The molecule has 1 amide bonds. The number of nitrogens with one attached hydrogen (secondary N) is 1. The molecule has 11 nitrogen and oxygen atoms in total. The lowest BCUT2D eigenvalue weighted by molar-refractivity contribution is 0.0964. The molecule has 7 rings (SSSR count). The van der Waals surface area contributed by atoms with Gasteiger partial charge in [0.05, 0.1) is 40.5 Å². The zero-order chi connectivity index (χ0) is 33.2. The largest absolute Gasteiger partial charge is 0.475 e. The van der Waals surface area contributed by atoms with Crippen molar-refractivity contribution in [3.63, 3.8) is 0 Å².